The van der Waals surface area contributed by atoms with Crippen LogP contribution in [0.4, 0.5) is 0 Å². The molecule has 0 bridgehead atoms. The van der Waals surface area contributed by atoms with E-state index in [9.17, 15) is 13.2 Å². The van der Waals surface area contributed by atoms with E-state index in [1.807, 2.05) is 18.0 Å². The summed E-state index contributed by atoms with van der Waals surface area (Å²) in [6.07, 6.45) is 0.483. The predicted octanol–water partition coefficient (Wildman–Crippen LogP) is 2.12. The summed E-state index contributed by atoms with van der Waals surface area (Å²) < 4.78 is 22.9. The van der Waals surface area contributed by atoms with E-state index in [2.05, 4.69) is 5.32 Å². The fourth-order valence-corrected chi connectivity index (χ4v) is 4.49. The molecule has 128 valence electrons. The highest BCUT2D eigenvalue weighted by atomic mass is 35.5. The lowest BCUT2D eigenvalue weighted by Gasteiger charge is -2.25. The molecule has 1 heterocycles. The van der Waals surface area contributed by atoms with Gasteiger partial charge in [-0.2, -0.15) is 0 Å². The molecule has 0 unspecified atom stereocenters. The number of rotatable bonds is 5. The molecular formula is C15H20Cl2N2O3S. The molecule has 2 rings (SSSR count). The Bertz CT molecular complexity index is 694. The van der Waals surface area contributed by atoms with Gasteiger partial charge in [-0.25, -0.2) is 8.42 Å². The number of likely N-dealkylation sites (N-methyl/N-ethyl adjacent to an activating group) is 1. The summed E-state index contributed by atoms with van der Waals surface area (Å²) >= 11 is 11.9. The summed E-state index contributed by atoms with van der Waals surface area (Å²) in [4.78, 5) is 14.1. The third-order valence-corrected chi connectivity index (χ3v) is 6.54. The van der Waals surface area contributed by atoms with Crippen molar-refractivity contribution in [2.45, 2.75) is 32.0 Å². The maximum Gasteiger partial charge on any atom is 0.237 e. The fraction of sp³-hybridized carbons (Fsp3) is 0.533. The van der Waals surface area contributed by atoms with Crippen LogP contribution in [0.3, 0.4) is 0 Å². The molecule has 1 aliphatic heterocycles. The lowest BCUT2D eigenvalue weighted by molar-refractivity contribution is -0.126. The average molecular weight is 379 g/mol. The second kappa shape index (κ2) is 7.38. The van der Waals surface area contributed by atoms with Crippen LogP contribution in [0.15, 0.2) is 18.2 Å². The van der Waals surface area contributed by atoms with E-state index in [4.69, 9.17) is 23.2 Å². The van der Waals surface area contributed by atoms with Crippen molar-refractivity contribution in [3.8, 4) is 0 Å². The van der Waals surface area contributed by atoms with Crippen LogP contribution < -0.4 is 5.32 Å². The number of nitrogens with one attached hydrogen (secondary N) is 1. The maximum atomic E-state index is 12.3. The highest BCUT2D eigenvalue weighted by molar-refractivity contribution is 7.91. The van der Waals surface area contributed by atoms with E-state index in [1.165, 1.54) is 0 Å². The SMILES string of the molecule is C[C@H](C(=O)N[C@H]1CCS(=O)(=O)C1)N(C)Cc1ccc(Cl)c(Cl)c1. The van der Waals surface area contributed by atoms with Crippen LogP contribution in [0.5, 0.6) is 0 Å². The van der Waals surface area contributed by atoms with Gasteiger partial charge in [0.15, 0.2) is 9.84 Å². The van der Waals surface area contributed by atoms with Gasteiger partial charge in [0, 0.05) is 12.6 Å². The summed E-state index contributed by atoms with van der Waals surface area (Å²) in [5, 5.41) is 3.78. The molecular weight excluding hydrogens is 359 g/mol. The van der Waals surface area contributed by atoms with Gasteiger partial charge >= 0.3 is 0 Å². The quantitative estimate of drug-likeness (QED) is 0.851. The van der Waals surface area contributed by atoms with E-state index in [-0.39, 0.29) is 29.5 Å². The van der Waals surface area contributed by atoms with E-state index in [0.29, 0.717) is 23.0 Å². The molecule has 0 aromatic heterocycles. The largest absolute Gasteiger partial charge is 0.351 e. The molecule has 0 aliphatic carbocycles. The molecule has 1 aromatic carbocycles. The van der Waals surface area contributed by atoms with Crippen LogP contribution in [0, 0.1) is 0 Å². The molecule has 1 fully saturated rings. The highest BCUT2D eigenvalue weighted by Crippen LogP contribution is 2.23. The van der Waals surface area contributed by atoms with Crippen molar-refractivity contribution in [3.63, 3.8) is 0 Å². The molecule has 1 N–H and O–H groups in total. The molecule has 1 saturated heterocycles. The highest BCUT2D eigenvalue weighted by Gasteiger charge is 2.30. The Kier molecular flexibility index (Phi) is 5.94. The van der Waals surface area contributed by atoms with E-state index in [0.717, 1.165) is 5.56 Å². The number of nitrogens with zero attached hydrogens (tertiary/aromatic N) is 1. The molecule has 1 aliphatic rings. The first kappa shape index (κ1) is 18.5. The molecule has 8 heteroatoms. The van der Waals surface area contributed by atoms with Crippen LogP contribution in [-0.4, -0.2) is 49.9 Å². The Labute approximate surface area is 146 Å². The van der Waals surface area contributed by atoms with Crippen LogP contribution in [0.1, 0.15) is 18.9 Å². The normalized spacial score (nSPS) is 21.3. The van der Waals surface area contributed by atoms with Crippen LogP contribution >= 0.6 is 23.2 Å². The number of halogens is 2. The zero-order valence-corrected chi connectivity index (χ0v) is 15.4. The lowest BCUT2D eigenvalue weighted by atomic mass is 10.1. The molecule has 0 spiro atoms. The topological polar surface area (TPSA) is 66.5 Å². The molecule has 23 heavy (non-hydrogen) atoms. The van der Waals surface area contributed by atoms with Crippen LogP contribution in [-0.2, 0) is 21.2 Å². The van der Waals surface area contributed by atoms with Gasteiger partial charge in [0.05, 0.1) is 27.6 Å². The first-order chi connectivity index (χ1) is 10.7. The summed E-state index contributed by atoms with van der Waals surface area (Å²) in [7, 11) is -1.17. The zero-order valence-electron chi connectivity index (χ0n) is 13.1. The van der Waals surface area contributed by atoms with Gasteiger partial charge in [0.1, 0.15) is 0 Å². The number of hydrogen-bond acceptors (Lipinski definition) is 4. The van der Waals surface area contributed by atoms with Gasteiger partial charge in [0.2, 0.25) is 5.91 Å². The van der Waals surface area contributed by atoms with Crippen molar-refractivity contribution in [3.05, 3.63) is 33.8 Å². The molecule has 0 saturated carbocycles. The van der Waals surface area contributed by atoms with Gasteiger partial charge in [-0.1, -0.05) is 29.3 Å². The van der Waals surface area contributed by atoms with Crippen molar-refractivity contribution in [2.75, 3.05) is 18.6 Å². The molecule has 1 aromatic rings. The van der Waals surface area contributed by atoms with Gasteiger partial charge in [-0.3, -0.25) is 9.69 Å². The molecule has 1 amide bonds. The number of amides is 1. The summed E-state index contributed by atoms with van der Waals surface area (Å²) in [6.45, 7) is 2.32. The third kappa shape index (κ3) is 5.08. The van der Waals surface area contributed by atoms with Gasteiger partial charge in [-0.15, -0.1) is 0 Å². The van der Waals surface area contributed by atoms with E-state index < -0.39 is 9.84 Å². The van der Waals surface area contributed by atoms with Crippen molar-refractivity contribution in [2.24, 2.45) is 0 Å². The predicted molar refractivity (Wildman–Crippen MR) is 92.6 cm³/mol. The summed E-state index contributed by atoms with van der Waals surface area (Å²) in [5.74, 6) is 0.00240. The third-order valence-electron chi connectivity index (χ3n) is 4.04. The first-order valence-corrected chi connectivity index (χ1v) is 9.90. The second-order valence-electron chi connectivity index (χ2n) is 5.95. The summed E-state index contributed by atoms with van der Waals surface area (Å²) in [6, 6.07) is 4.69. The average Bonchev–Trinajstić information content (AvgIpc) is 2.81. The minimum atomic E-state index is -3.00. The molecule has 0 radical (unpaired) electrons. The smallest absolute Gasteiger partial charge is 0.237 e. The lowest BCUT2D eigenvalue weighted by Crippen LogP contribution is -2.47. The Morgan fingerprint density at radius 2 is 2.09 bits per heavy atom. The first-order valence-electron chi connectivity index (χ1n) is 7.33. The fourth-order valence-electron chi connectivity index (χ4n) is 2.49. The number of carbonyl (C=O) groups is 1. The van der Waals surface area contributed by atoms with Crippen molar-refractivity contribution >= 4 is 38.9 Å². The number of benzene rings is 1. The zero-order chi connectivity index (χ0) is 17.2. The number of hydrogen-bond donors (Lipinski definition) is 1. The van der Waals surface area contributed by atoms with Gasteiger partial charge in [0.25, 0.3) is 0 Å². The standard InChI is InChI=1S/C15H20Cl2N2O3S/c1-10(15(20)18-12-5-6-23(21,22)9-12)19(2)8-11-3-4-13(16)14(17)7-11/h3-4,7,10,12H,5-6,8-9H2,1-2H3,(H,18,20)/t10-,12+/m1/s1. The Morgan fingerprint density at radius 3 is 2.65 bits per heavy atom. The van der Waals surface area contributed by atoms with Gasteiger partial charge in [-0.05, 0) is 38.1 Å². The van der Waals surface area contributed by atoms with Gasteiger partial charge < -0.3 is 5.32 Å². The minimum absolute atomic E-state index is 0.0297. The molecule has 2 atom stereocenters. The summed E-state index contributed by atoms with van der Waals surface area (Å²) in [5.41, 5.74) is 0.949. The second-order valence-corrected chi connectivity index (χ2v) is 8.99. The van der Waals surface area contributed by atoms with E-state index in [1.54, 1.807) is 19.1 Å². The Hall–Kier alpha value is -0.820. The van der Waals surface area contributed by atoms with Crippen molar-refractivity contribution in [1.29, 1.82) is 0 Å². The van der Waals surface area contributed by atoms with E-state index >= 15 is 0 Å². The maximum absolute atomic E-state index is 12.3. The van der Waals surface area contributed by atoms with Crippen LogP contribution in [0.2, 0.25) is 10.0 Å². The number of carbonyl (C=O) groups excluding carboxylic acids is 1. The monoisotopic (exact) mass is 378 g/mol. The molecule has 5 nitrogen and oxygen atoms in total. The Balaban J connectivity index is 1.92. The number of sulfone groups is 1. The van der Waals surface area contributed by atoms with Crippen molar-refractivity contribution in [1.82, 2.24) is 10.2 Å². The van der Waals surface area contributed by atoms with Crippen molar-refractivity contribution < 1.29 is 13.2 Å². The minimum Gasteiger partial charge on any atom is -0.351 e. The van der Waals surface area contributed by atoms with Crippen LogP contribution in [0.25, 0.3) is 0 Å². The Morgan fingerprint density at radius 1 is 1.39 bits per heavy atom.